The van der Waals surface area contributed by atoms with E-state index in [1.54, 1.807) is 14.1 Å². The van der Waals surface area contributed by atoms with E-state index in [4.69, 9.17) is 0 Å². The van der Waals surface area contributed by atoms with Gasteiger partial charge in [0.2, 0.25) is 0 Å². The third kappa shape index (κ3) is 8.73. The number of benzene rings is 2. The monoisotopic (exact) mass is 539 g/mol. The van der Waals surface area contributed by atoms with Crippen molar-refractivity contribution in [3.63, 3.8) is 0 Å². The van der Waals surface area contributed by atoms with Gasteiger partial charge in [0.05, 0.1) is 5.56 Å². The highest BCUT2D eigenvalue weighted by atomic mass is 127. The molecule has 160 valence electrons. The second-order valence-corrected chi connectivity index (χ2v) is 7.88. The quantitative estimate of drug-likeness (QED) is 0.325. The Labute approximate surface area is 189 Å². The Morgan fingerprint density at radius 3 is 2.24 bits per heavy atom. The summed E-state index contributed by atoms with van der Waals surface area (Å²) in [4.78, 5) is 5.98. The predicted molar refractivity (Wildman–Crippen MR) is 123 cm³/mol. The van der Waals surface area contributed by atoms with Gasteiger partial charge >= 0.3 is 6.18 Å². The molecule has 0 spiro atoms. The summed E-state index contributed by atoms with van der Waals surface area (Å²) >= 11 is 0. The first-order valence-corrected chi connectivity index (χ1v) is 10.2. The summed E-state index contributed by atoms with van der Waals surface area (Å²) in [6.45, 7) is 0.897. The van der Waals surface area contributed by atoms with E-state index in [1.807, 2.05) is 35.2 Å². The van der Waals surface area contributed by atoms with Crippen LogP contribution in [0.1, 0.15) is 16.7 Å². The Hall–Kier alpha value is -1.62. The lowest BCUT2D eigenvalue weighted by atomic mass is 10.1. The van der Waals surface area contributed by atoms with Crippen molar-refractivity contribution in [2.24, 2.45) is 4.99 Å². The molecule has 2 rings (SSSR count). The molecule has 0 radical (unpaired) electrons. The van der Waals surface area contributed by atoms with Crippen molar-refractivity contribution in [3.05, 3.63) is 71.3 Å². The number of rotatable bonds is 7. The van der Waals surface area contributed by atoms with Crippen molar-refractivity contribution in [2.45, 2.75) is 18.5 Å². The Morgan fingerprint density at radius 2 is 1.69 bits per heavy atom. The average molecular weight is 539 g/mol. The van der Waals surface area contributed by atoms with E-state index in [0.29, 0.717) is 30.6 Å². The van der Waals surface area contributed by atoms with Crippen molar-refractivity contribution in [1.82, 2.24) is 10.2 Å². The zero-order chi connectivity index (χ0) is 20.6. The number of guanidine groups is 1. The van der Waals surface area contributed by atoms with Crippen molar-refractivity contribution >= 4 is 40.7 Å². The largest absolute Gasteiger partial charge is 0.416 e. The highest BCUT2D eigenvalue weighted by Crippen LogP contribution is 2.29. The lowest BCUT2D eigenvalue weighted by Crippen LogP contribution is -2.40. The molecule has 0 aliphatic heterocycles. The number of hydrogen-bond acceptors (Lipinski definition) is 2. The number of nitrogens with zero attached hydrogens (tertiary/aromatic N) is 2. The predicted octanol–water partition coefficient (Wildman–Crippen LogP) is 4.28. The highest BCUT2D eigenvalue weighted by Gasteiger charge is 2.29. The topological polar surface area (TPSA) is 44.7 Å². The van der Waals surface area contributed by atoms with Crippen LogP contribution in [0.3, 0.4) is 0 Å². The van der Waals surface area contributed by atoms with Gasteiger partial charge in [0, 0.05) is 49.5 Å². The summed E-state index contributed by atoms with van der Waals surface area (Å²) in [6, 6.07) is 14.7. The van der Waals surface area contributed by atoms with E-state index in [-0.39, 0.29) is 24.0 Å². The van der Waals surface area contributed by atoms with E-state index < -0.39 is 22.5 Å². The minimum absolute atomic E-state index is 0. The Morgan fingerprint density at radius 1 is 1.07 bits per heavy atom. The van der Waals surface area contributed by atoms with Crippen LogP contribution in [0.5, 0.6) is 0 Å². The van der Waals surface area contributed by atoms with Crippen molar-refractivity contribution in [1.29, 1.82) is 0 Å². The van der Waals surface area contributed by atoms with Gasteiger partial charge < -0.3 is 10.2 Å². The summed E-state index contributed by atoms with van der Waals surface area (Å²) in [5, 5.41) is 3.14. The molecule has 4 nitrogen and oxygen atoms in total. The summed E-state index contributed by atoms with van der Waals surface area (Å²) in [6.07, 6.45) is -4.34. The fourth-order valence-electron chi connectivity index (χ4n) is 2.64. The van der Waals surface area contributed by atoms with Crippen LogP contribution in [0, 0.1) is 0 Å². The van der Waals surface area contributed by atoms with Gasteiger partial charge in [-0.15, -0.1) is 24.0 Å². The summed E-state index contributed by atoms with van der Waals surface area (Å²) in [5.41, 5.74) is 1.11. The fourth-order valence-corrected chi connectivity index (χ4v) is 3.68. The molecule has 1 atom stereocenters. The highest BCUT2D eigenvalue weighted by molar-refractivity contribution is 14.0. The van der Waals surface area contributed by atoms with Gasteiger partial charge in [-0.1, -0.05) is 42.5 Å². The molecule has 0 saturated heterocycles. The van der Waals surface area contributed by atoms with Crippen LogP contribution in [0.25, 0.3) is 0 Å². The van der Waals surface area contributed by atoms with Crippen LogP contribution in [0.4, 0.5) is 13.2 Å². The van der Waals surface area contributed by atoms with Crippen LogP contribution in [0.2, 0.25) is 0 Å². The Bertz CT molecular complexity index is 799. The smallest absolute Gasteiger partial charge is 0.355 e. The van der Waals surface area contributed by atoms with Crippen LogP contribution in [-0.2, 0) is 29.3 Å². The molecule has 0 aromatic heterocycles. The third-order valence-corrected chi connectivity index (χ3v) is 5.37. The van der Waals surface area contributed by atoms with Gasteiger partial charge in [-0.3, -0.25) is 9.20 Å². The second-order valence-electron chi connectivity index (χ2n) is 6.30. The molecule has 0 aliphatic rings. The molecular formula is C20H25F3IN3OS. The van der Waals surface area contributed by atoms with Crippen LogP contribution < -0.4 is 5.32 Å². The molecule has 29 heavy (non-hydrogen) atoms. The lowest BCUT2D eigenvalue weighted by Gasteiger charge is -2.22. The van der Waals surface area contributed by atoms with E-state index in [0.717, 1.165) is 23.3 Å². The standard InChI is InChI=1S/C20H24F3N3OS.HI/c1-24-19(25-12-13-28(27)15-17-6-4-3-5-7-17)26(2)14-16-8-10-18(11-9-16)20(21,22)23;/h3-11H,12-15H2,1-2H3,(H,24,25);1H. The first-order chi connectivity index (χ1) is 13.3. The number of alkyl halides is 3. The first kappa shape index (κ1) is 25.4. The zero-order valence-corrected chi connectivity index (χ0v) is 19.4. The maximum absolute atomic E-state index is 12.6. The minimum atomic E-state index is -4.34. The fraction of sp³-hybridized carbons (Fsp3) is 0.350. The molecule has 0 heterocycles. The number of aliphatic imine (C=N–C) groups is 1. The van der Waals surface area contributed by atoms with Gasteiger partial charge in [0.15, 0.2) is 5.96 Å². The number of halogens is 4. The Kier molecular flexibility index (Phi) is 10.7. The molecule has 1 N–H and O–H groups in total. The van der Waals surface area contributed by atoms with Gasteiger partial charge in [-0.2, -0.15) is 13.2 Å². The lowest BCUT2D eigenvalue weighted by molar-refractivity contribution is -0.137. The molecule has 9 heteroatoms. The molecule has 0 saturated carbocycles. The van der Waals surface area contributed by atoms with Crippen molar-refractivity contribution < 1.29 is 17.4 Å². The molecule has 0 bridgehead atoms. The van der Waals surface area contributed by atoms with Gasteiger partial charge in [0.25, 0.3) is 0 Å². The van der Waals surface area contributed by atoms with Crippen LogP contribution in [-0.4, -0.2) is 41.5 Å². The van der Waals surface area contributed by atoms with Crippen LogP contribution >= 0.6 is 24.0 Å². The first-order valence-electron chi connectivity index (χ1n) is 8.76. The second kappa shape index (κ2) is 12.2. The Balaban J connectivity index is 0.00000420. The van der Waals surface area contributed by atoms with E-state index >= 15 is 0 Å². The number of nitrogens with one attached hydrogen (secondary N) is 1. The third-order valence-electron chi connectivity index (χ3n) is 4.06. The number of hydrogen-bond donors (Lipinski definition) is 1. The molecule has 1 unspecified atom stereocenters. The molecule has 2 aromatic rings. The van der Waals surface area contributed by atoms with Gasteiger partial charge in [-0.25, -0.2) is 0 Å². The van der Waals surface area contributed by atoms with E-state index in [2.05, 4.69) is 10.3 Å². The summed E-state index contributed by atoms with van der Waals surface area (Å²) in [7, 11) is 2.44. The maximum Gasteiger partial charge on any atom is 0.416 e. The average Bonchev–Trinajstić information content (AvgIpc) is 2.65. The molecule has 0 amide bonds. The van der Waals surface area contributed by atoms with Crippen molar-refractivity contribution in [2.75, 3.05) is 26.4 Å². The zero-order valence-electron chi connectivity index (χ0n) is 16.3. The SMILES string of the molecule is CN=C(NCCS(=O)Cc1ccccc1)N(C)Cc1ccc(C(F)(F)F)cc1.I. The molecular weight excluding hydrogens is 514 g/mol. The van der Waals surface area contributed by atoms with E-state index in [1.165, 1.54) is 12.1 Å². The molecule has 0 fully saturated rings. The summed E-state index contributed by atoms with van der Waals surface area (Å²) in [5.74, 6) is 1.57. The van der Waals surface area contributed by atoms with E-state index in [9.17, 15) is 17.4 Å². The normalized spacial score (nSPS) is 12.8. The molecule has 2 aromatic carbocycles. The van der Waals surface area contributed by atoms with Crippen molar-refractivity contribution in [3.8, 4) is 0 Å². The van der Waals surface area contributed by atoms with Gasteiger partial charge in [0.1, 0.15) is 0 Å². The van der Waals surface area contributed by atoms with Crippen LogP contribution in [0.15, 0.2) is 59.6 Å². The minimum Gasteiger partial charge on any atom is -0.355 e. The summed E-state index contributed by atoms with van der Waals surface area (Å²) < 4.78 is 50.1. The van der Waals surface area contributed by atoms with Gasteiger partial charge in [-0.05, 0) is 23.3 Å². The molecule has 0 aliphatic carbocycles. The maximum atomic E-state index is 12.6.